The first-order valence-electron chi connectivity index (χ1n) is 4.49. The van der Waals surface area contributed by atoms with Gasteiger partial charge in [0.1, 0.15) is 0 Å². The first-order valence-corrected chi connectivity index (χ1v) is 4.49. The van der Waals surface area contributed by atoms with Crippen LogP contribution in [-0.2, 0) is 5.41 Å². The highest BCUT2D eigenvalue weighted by Crippen LogP contribution is 2.21. The summed E-state index contributed by atoms with van der Waals surface area (Å²) >= 11 is 0. The second-order valence-corrected chi connectivity index (χ2v) is 3.49. The van der Waals surface area contributed by atoms with Crippen molar-refractivity contribution in [3.63, 3.8) is 0 Å². The monoisotopic (exact) mass is 196 g/mol. The van der Waals surface area contributed by atoms with Gasteiger partial charge < -0.3 is 15.6 Å². The van der Waals surface area contributed by atoms with Gasteiger partial charge in [0.15, 0.2) is 0 Å². The van der Waals surface area contributed by atoms with E-state index in [1.54, 1.807) is 13.2 Å². The van der Waals surface area contributed by atoms with Crippen LogP contribution in [0.15, 0.2) is 18.2 Å². The van der Waals surface area contributed by atoms with Crippen molar-refractivity contribution >= 4 is 0 Å². The molecule has 0 radical (unpaired) electrons. The largest absolute Gasteiger partial charge is 0.481 e. The molecule has 1 aromatic rings. The number of hydrogen-bond acceptors (Lipinski definition) is 4. The molecule has 0 aliphatic rings. The molecule has 1 unspecified atom stereocenters. The zero-order chi connectivity index (χ0) is 10.6. The summed E-state index contributed by atoms with van der Waals surface area (Å²) in [6, 6.07) is 5.44. The fraction of sp³-hybridized carbons (Fsp3) is 0.500. The Morgan fingerprint density at radius 2 is 2.29 bits per heavy atom. The summed E-state index contributed by atoms with van der Waals surface area (Å²) in [6.07, 6.45) is 0. The van der Waals surface area contributed by atoms with Gasteiger partial charge in [-0.15, -0.1) is 0 Å². The number of aliphatic hydroxyl groups is 1. The van der Waals surface area contributed by atoms with E-state index in [-0.39, 0.29) is 6.61 Å². The average molecular weight is 196 g/mol. The summed E-state index contributed by atoms with van der Waals surface area (Å²) in [5.41, 5.74) is 5.86. The second kappa shape index (κ2) is 4.39. The molecular weight excluding hydrogens is 180 g/mol. The van der Waals surface area contributed by atoms with Crippen LogP contribution in [-0.4, -0.2) is 30.4 Å². The predicted molar refractivity (Wildman–Crippen MR) is 54.3 cm³/mol. The summed E-state index contributed by atoms with van der Waals surface area (Å²) < 4.78 is 5.01. The maximum absolute atomic E-state index is 9.24. The van der Waals surface area contributed by atoms with Crippen LogP contribution in [0.5, 0.6) is 5.88 Å². The van der Waals surface area contributed by atoms with E-state index in [4.69, 9.17) is 10.5 Å². The van der Waals surface area contributed by atoms with E-state index in [1.165, 1.54) is 0 Å². The van der Waals surface area contributed by atoms with Crippen molar-refractivity contribution < 1.29 is 9.84 Å². The zero-order valence-electron chi connectivity index (χ0n) is 8.53. The van der Waals surface area contributed by atoms with Crippen LogP contribution in [0.2, 0.25) is 0 Å². The Hall–Kier alpha value is -1.13. The molecule has 0 aliphatic heterocycles. The summed E-state index contributed by atoms with van der Waals surface area (Å²) in [6.45, 7) is 2.20. The number of aliphatic hydroxyl groups excluding tert-OH is 1. The molecule has 0 fully saturated rings. The quantitative estimate of drug-likeness (QED) is 0.726. The highest BCUT2D eigenvalue weighted by atomic mass is 16.5. The Bertz CT molecular complexity index is 298. The van der Waals surface area contributed by atoms with Gasteiger partial charge >= 0.3 is 0 Å². The van der Waals surface area contributed by atoms with Crippen molar-refractivity contribution in [2.24, 2.45) is 5.73 Å². The van der Waals surface area contributed by atoms with Gasteiger partial charge in [0.2, 0.25) is 5.88 Å². The SMILES string of the molecule is COc1cccc(C(C)(CN)CO)n1. The molecule has 0 saturated heterocycles. The second-order valence-electron chi connectivity index (χ2n) is 3.49. The molecule has 0 spiro atoms. The Morgan fingerprint density at radius 3 is 2.79 bits per heavy atom. The lowest BCUT2D eigenvalue weighted by atomic mass is 9.87. The van der Waals surface area contributed by atoms with Crippen LogP contribution >= 0.6 is 0 Å². The van der Waals surface area contributed by atoms with Gasteiger partial charge in [-0.05, 0) is 6.07 Å². The summed E-state index contributed by atoms with van der Waals surface area (Å²) in [5, 5.41) is 9.24. The molecule has 1 heterocycles. The molecule has 0 amide bonds. The van der Waals surface area contributed by atoms with Crippen molar-refractivity contribution in [2.45, 2.75) is 12.3 Å². The minimum absolute atomic E-state index is 0.0241. The Balaban J connectivity index is 3.04. The molecule has 1 atom stereocenters. The van der Waals surface area contributed by atoms with Crippen LogP contribution in [0.3, 0.4) is 0 Å². The van der Waals surface area contributed by atoms with Crippen molar-refractivity contribution in [3.05, 3.63) is 23.9 Å². The van der Waals surface area contributed by atoms with Gasteiger partial charge in [-0.2, -0.15) is 0 Å². The third-order valence-corrected chi connectivity index (χ3v) is 2.35. The Labute approximate surface area is 83.7 Å². The zero-order valence-corrected chi connectivity index (χ0v) is 8.53. The van der Waals surface area contributed by atoms with E-state index in [1.807, 2.05) is 19.1 Å². The van der Waals surface area contributed by atoms with Crippen molar-refractivity contribution in [1.82, 2.24) is 4.98 Å². The molecule has 4 nitrogen and oxygen atoms in total. The number of pyridine rings is 1. The molecule has 0 aliphatic carbocycles. The smallest absolute Gasteiger partial charge is 0.213 e. The molecule has 1 aromatic heterocycles. The number of methoxy groups -OCH3 is 1. The molecule has 14 heavy (non-hydrogen) atoms. The fourth-order valence-corrected chi connectivity index (χ4v) is 1.11. The summed E-state index contributed by atoms with van der Waals surface area (Å²) in [5.74, 6) is 0.538. The number of rotatable bonds is 4. The van der Waals surface area contributed by atoms with Crippen molar-refractivity contribution in [2.75, 3.05) is 20.3 Å². The van der Waals surface area contributed by atoms with Crippen LogP contribution < -0.4 is 10.5 Å². The van der Waals surface area contributed by atoms with Crippen molar-refractivity contribution in [1.29, 1.82) is 0 Å². The minimum Gasteiger partial charge on any atom is -0.481 e. The van der Waals surface area contributed by atoms with Gasteiger partial charge in [0.05, 0.1) is 19.4 Å². The Morgan fingerprint density at radius 1 is 1.57 bits per heavy atom. The van der Waals surface area contributed by atoms with E-state index < -0.39 is 5.41 Å². The van der Waals surface area contributed by atoms with E-state index in [0.717, 1.165) is 5.69 Å². The fourth-order valence-electron chi connectivity index (χ4n) is 1.11. The van der Waals surface area contributed by atoms with E-state index in [0.29, 0.717) is 12.4 Å². The maximum Gasteiger partial charge on any atom is 0.213 e. The maximum atomic E-state index is 9.24. The molecule has 3 N–H and O–H groups in total. The van der Waals surface area contributed by atoms with Crippen molar-refractivity contribution in [3.8, 4) is 5.88 Å². The molecule has 78 valence electrons. The number of hydrogen-bond donors (Lipinski definition) is 2. The molecular formula is C10H16N2O2. The van der Waals surface area contributed by atoms with Gasteiger partial charge in [-0.25, -0.2) is 4.98 Å². The van der Waals surface area contributed by atoms with Crippen LogP contribution in [0, 0.1) is 0 Å². The van der Waals surface area contributed by atoms with Crippen LogP contribution in [0.4, 0.5) is 0 Å². The van der Waals surface area contributed by atoms with E-state index in [2.05, 4.69) is 4.98 Å². The van der Waals surface area contributed by atoms with Gasteiger partial charge in [-0.3, -0.25) is 0 Å². The highest BCUT2D eigenvalue weighted by molar-refractivity contribution is 5.22. The lowest BCUT2D eigenvalue weighted by molar-refractivity contribution is 0.206. The molecule has 0 bridgehead atoms. The topological polar surface area (TPSA) is 68.4 Å². The standard InChI is InChI=1S/C10H16N2O2/c1-10(6-11,7-13)8-4-3-5-9(12-8)14-2/h3-5,13H,6-7,11H2,1-2H3. The number of nitrogens with zero attached hydrogens (tertiary/aromatic N) is 1. The molecule has 1 rings (SSSR count). The first kappa shape index (κ1) is 10.9. The lowest BCUT2D eigenvalue weighted by Gasteiger charge is -2.24. The van der Waals surface area contributed by atoms with Gasteiger partial charge in [0.25, 0.3) is 0 Å². The molecule has 0 saturated carbocycles. The predicted octanol–water partition coefficient (Wildman–Crippen LogP) is 0.299. The van der Waals surface area contributed by atoms with Crippen LogP contribution in [0.1, 0.15) is 12.6 Å². The third kappa shape index (κ3) is 2.02. The van der Waals surface area contributed by atoms with Gasteiger partial charge in [-0.1, -0.05) is 13.0 Å². The highest BCUT2D eigenvalue weighted by Gasteiger charge is 2.25. The Kier molecular flexibility index (Phi) is 3.43. The first-order chi connectivity index (χ1) is 6.66. The average Bonchev–Trinajstić information content (AvgIpc) is 2.28. The number of ether oxygens (including phenoxy) is 1. The van der Waals surface area contributed by atoms with Gasteiger partial charge in [0, 0.05) is 18.0 Å². The normalized spacial score (nSPS) is 14.9. The lowest BCUT2D eigenvalue weighted by Crippen LogP contribution is -2.36. The van der Waals surface area contributed by atoms with Crippen LogP contribution in [0.25, 0.3) is 0 Å². The van der Waals surface area contributed by atoms with E-state index >= 15 is 0 Å². The number of nitrogens with two attached hydrogens (primary N) is 1. The minimum atomic E-state index is -0.492. The van der Waals surface area contributed by atoms with E-state index in [9.17, 15) is 5.11 Å². The molecule has 0 aromatic carbocycles. The third-order valence-electron chi connectivity index (χ3n) is 2.35. The summed E-state index contributed by atoms with van der Waals surface area (Å²) in [7, 11) is 1.56. The number of aromatic nitrogens is 1. The summed E-state index contributed by atoms with van der Waals surface area (Å²) in [4.78, 5) is 4.24. The molecule has 4 heteroatoms.